The van der Waals surface area contributed by atoms with Crippen LogP contribution >= 0.6 is 27.5 Å². The molecule has 0 bridgehead atoms. The Bertz CT molecular complexity index is 626. The van der Waals surface area contributed by atoms with Crippen LogP contribution in [0.3, 0.4) is 0 Å². The zero-order valence-corrected chi connectivity index (χ0v) is 13.8. The van der Waals surface area contributed by atoms with Crippen LogP contribution in [0.2, 0.25) is 0 Å². The minimum Gasteiger partial charge on any atom is -0.341 e. The molecule has 0 saturated heterocycles. The van der Waals surface area contributed by atoms with E-state index in [0.29, 0.717) is 11.8 Å². The number of fused-ring (bicyclic) bond motifs is 1. The van der Waals surface area contributed by atoms with Crippen LogP contribution in [0.5, 0.6) is 0 Å². The molecule has 0 fully saturated rings. The Hall–Kier alpha value is -0.990. The van der Waals surface area contributed by atoms with Gasteiger partial charge in [-0.05, 0) is 47.7 Å². The van der Waals surface area contributed by atoms with Crippen molar-refractivity contribution >= 4 is 38.9 Å². The average molecular weight is 351 g/mol. The highest BCUT2D eigenvalue weighted by Gasteiger charge is 2.23. The molecule has 104 valence electrons. The summed E-state index contributed by atoms with van der Waals surface area (Å²) >= 11 is 9.67. The third kappa shape index (κ3) is 2.59. The van der Waals surface area contributed by atoms with E-state index in [1.807, 2.05) is 0 Å². The Morgan fingerprint density at radius 2 is 2.00 bits per heavy atom. The van der Waals surface area contributed by atoms with Gasteiger partial charge in [-0.15, -0.1) is 11.6 Å². The molecule has 2 aromatic rings. The molecule has 0 saturated carbocycles. The first-order chi connectivity index (χ1) is 9.69. The lowest BCUT2D eigenvalue weighted by atomic mass is 9.93. The molecule has 1 aliphatic heterocycles. The van der Waals surface area contributed by atoms with Gasteiger partial charge in [-0.1, -0.05) is 41.1 Å². The van der Waals surface area contributed by atoms with Crippen LogP contribution in [-0.2, 0) is 12.3 Å². The zero-order valence-electron chi connectivity index (χ0n) is 11.4. The standard InChI is InChI=1S/C17H17BrClN/c1-12-8-13-4-2-3-5-16(13)20(11-12)17-7-6-15(18)9-14(17)10-19/h2-7,9,12H,8,10-11H2,1H3. The normalized spacial score (nSPS) is 17.9. The second-order valence-electron chi connectivity index (χ2n) is 5.46. The summed E-state index contributed by atoms with van der Waals surface area (Å²) in [5, 5.41) is 0. The van der Waals surface area contributed by atoms with Gasteiger partial charge in [-0.2, -0.15) is 0 Å². The number of benzene rings is 2. The Kier molecular flexibility index (Phi) is 4.04. The van der Waals surface area contributed by atoms with Crippen LogP contribution in [0.25, 0.3) is 0 Å². The highest BCUT2D eigenvalue weighted by Crippen LogP contribution is 2.38. The fourth-order valence-electron chi connectivity index (χ4n) is 2.95. The van der Waals surface area contributed by atoms with Gasteiger partial charge in [0.2, 0.25) is 0 Å². The first-order valence-electron chi connectivity index (χ1n) is 6.89. The molecule has 1 unspecified atom stereocenters. The molecular formula is C17H17BrClN. The van der Waals surface area contributed by atoms with E-state index in [-0.39, 0.29) is 0 Å². The molecule has 1 heterocycles. The van der Waals surface area contributed by atoms with Crippen molar-refractivity contribution in [2.24, 2.45) is 5.92 Å². The molecule has 3 rings (SSSR count). The Morgan fingerprint density at radius 3 is 2.80 bits per heavy atom. The lowest BCUT2D eigenvalue weighted by molar-refractivity contribution is 0.562. The van der Waals surface area contributed by atoms with Gasteiger partial charge in [-0.25, -0.2) is 0 Å². The number of rotatable bonds is 2. The van der Waals surface area contributed by atoms with Crippen LogP contribution < -0.4 is 4.90 Å². The van der Waals surface area contributed by atoms with Crippen LogP contribution in [0.1, 0.15) is 18.1 Å². The SMILES string of the molecule is CC1Cc2ccccc2N(c2ccc(Br)cc2CCl)C1. The average Bonchev–Trinajstić information content (AvgIpc) is 2.46. The van der Waals surface area contributed by atoms with E-state index in [2.05, 4.69) is 70.2 Å². The number of nitrogens with zero attached hydrogens (tertiary/aromatic N) is 1. The molecule has 1 atom stereocenters. The maximum Gasteiger partial charge on any atom is 0.0495 e. The molecule has 0 radical (unpaired) electrons. The van der Waals surface area contributed by atoms with E-state index in [0.717, 1.165) is 17.4 Å². The number of halogens is 2. The molecular weight excluding hydrogens is 334 g/mol. The highest BCUT2D eigenvalue weighted by molar-refractivity contribution is 9.10. The fraction of sp³-hybridized carbons (Fsp3) is 0.294. The van der Waals surface area contributed by atoms with Crippen LogP contribution in [0, 0.1) is 5.92 Å². The lowest BCUT2D eigenvalue weighted by Crippen LogP contribution is -2.30. The van der Waals surface area contributed by atoms with Gasteiger partial charge in [0.1, 0.15) is 0 Å². The van der Waals surface area contributed by atoms with E-state index >= 15 is 0 Å². The van der Waals surface area contributed by atoms with Crippen molar-refractivity contribution in [3.05, 3.63) is 58.1 Å². The van der Waals surface area contributed by atoms with Gasteiger partial charge >= 0.3 is 0 Å². The molecule has 0 amide bonds. The molecule has 1 aliphatic rings. The van der Waals surface area contributed by atoms with E-state index in [1.165, 1.54) is 22.5 Å². The summed E-state index contributed by atoms with van der Waals surface area (Å²) in [4.78, 5) is 2.41. The van der Waals surface area contributed by atoms with Crippen LogP contribution in [-0.4, -0.2) is 6.54 Å². The maximum absolute atomic E-state index is 6.14. The summed E-state index contributed by atoms with van der Waals surface area (Å²) in [6, 6.07) is 15.0. The van der Waals surface area contributed by atoms with Crippen molar-refractivity contribution in [1.29, 1.82) is 0 Å². The molecule has 0 aliphatic carbocycles. The first-order valence-corrected chi connectivity index (χ1v) is 8.21. The summed E-state index contributed by atoms with van der Waals surface area (Å²) in [7, 11) is 0. The summed E-state index contributed by atoms with van der Waals surface area (Å²) in [6.45, 7) is 3.35. The molecule has 0 spiro atoms. The van der Waals surface area contributed by atoms with Gasteiger partial charge in [0.15, 0.2) is 0 Å². The summed E-state index contributed by atoms with van der Waals surface area (Å²) in [5.41, 5.74) is 5.14. The van der Waals surface area contributed by atoms with Gasteiger partial charge < -0.3 is 4.90 Å². The Morgan fingerprint density at radius 1 is 1.20 bits per heavy atom. The number of hydrogen-bond acceptors (Lipinski definition) is 1. The Balaban J connectivity index is 2.10. The van der Waals surface area contributed by atoms with Gasteiger partial charge in [0.05, 0.1) is 0 Å². The lowest BCUT2D eigenvalue weighted by Gasteiger charge is -2.36. The maximum atomic E-state index is 6.14. The topological polar surface area (TPSA) is 3.24 Å². The van der Waals surface area contributed by atoms with Crippen molar-refractivity contribution in [2.45, 2.75) is 19.2 Å². The van der Waals surface area contributed by atoms with Crippen molar-refractivity contribution in [3.8, 4) is 0 Å². The van der Waals surface area contributed by atoms with Crippen molar-refractivity contribution < 1.29 is 0 Å². The molecule has 1 nitrogen and oxygen atoms in total. The van der Waals surface area contributed by atoms with Crippen molar-refractivity contribution in [1.82, 2.24) is 0 Å². The van der Waals surface area contributed by atoms with E-state index < -0.39 is 0 Å². The number of anilines is 2. The first kappa shape index (κ1) is 14.0. The second kappa shape index (κ2) is 5.79. The van der Waals surface area contributed by atoms with Crippen molar-refractivity contribution in [3.63, 3.8) is 0 Å². The summed E-state index contributed by atoms with van der Waals surface area (Å²) < 4.78 is 1.08. The minimum absolute atomic E-state index is 0.530. The number of hydrogen-bond donors (Lipinski definition) is 0. The molecule has 2 aromatic carbocycles. The smallest absolute Gasteiger partial charge is 0.0495 e. The highest BCUT2D eigenvalue weighted by atomic mass is 79.9. The summed E-state index contributed by atoms with van der Waals surface area (Å²) in [5.74, 6) is 1.18. The van der Waals surface area contributed by atoms with E-state index in [4.69, 9.17) is 11.6 Å². The van der Waals surface area contributed by atoms with E-state index in [9.17, 15) is 0 Å². The summed E-state index contributed by atoms with van der Waals surface area (Å²) in [6.07, 6.45) is 1.15. The Labute approximate surface area is 133 Å². The zero-order chi connectivity index (χ0) is 14.1. The van der Waals surface area contributed by atoms with Gasteiger partial charge in [0, 0.05) is 28.3 Å². The number of para-hydroxylation sites is 1. The van der Waals surface area contributed by atoms with Crippen molar-refractivity contribution in [2.75, 3.05) is 11.4 Å². The quantitative estimate of drug-likeness (QED) is 0.645. The van der Waals surface area contributed by atoms with E-state index in [1.54, 1.807) is 0 Å². The molecule has 0 aromatic heterocycles. The van der Waals surface area contributed by atoms with Gasteiger partial charge in [-0.3, -0.25) is 0 Å². The molecule has 3 heteroatoms. The fourth-order valence-corrected chi connectivity index (χ4v) is 3.57. The van der Waals surface area contributed by atoms with Gasteiger partial charge in [0.25, 0.3) is 0 Å². The number of alkyl halides is 1. The third-order valence-corrected chi connectivity index (χ3v) is 4.60. The van der Waals surface area contributed by atoms with Crippen LogP contribution in [0.4, 0.5) is 11.4 Å². The molecule has 20 heavy (non-hydrogen) atoms. The third-order valence-electron chi connectivity index (χ3n) is 3.82. The second-order valence-corrected chi connectivity index (χ2v) is 6.64. The predicted molar refractivity (Wildman–Crippen MR) is 90.0 cm³/mol. The predicted octanol–water partition coefficient (Wildman–Crippen LogP) is 5.52. The largest absolute Gasteiger partial charge is 0.341 e. The minimum atomic E-state index is 0.530. The monoisotopic (exact) mass is 349 g/mol. The molecule has 0 N–H and O–H groups in total. The van der Waals surface area contributed by atoms with Crippen LogP contribution in [0.15, 0.2) is 46.9 Å².